The molecule has 2 amide bonds. The number of nitrogens with zero attached hydrogens (tertiary/aromatic N) is 4. The molecule has 2 heterocycles. The molecule has 0 aliphatic carbocycles. The largest absolute Gasteiger partial charge is 0.360 e. The average Bonchev–Trinajstić information content (AvgIpc) is 2.89. The van der Waals surface area contributed by atoms with Crippen LogP contribution in [0.5, 0.6) is 0 Å². The van der Waals surface area contributed by atoms with Crippen LogP contribution >= 0.6 is 0 Å². The Morgan fingerprint density at radius 2 is 1.83 bits per heavy atom. The molecule has 0 N–H and O–H groups in total. The summed E-state index contributed by atoms with van der Waals surface area (Å²) < 4.78 is 29.6. The summed E-state index contributed by atoms with van der Waals surface area (Å²) in [6, 6.07) is 1.46. The van der Waals surface area contributed by atoms with Crippen LogP contribution in [-0.2, 0) is 19.6 Å². The van der Waals surface area contributed by atoms with Crippen LogP contribution in [0.25, 0.3) is 0 Å². The number of aromatic nitrogens is 1. The minimum atomic E-state index is -3.66. The molecule has 0 aromatic carbocycles. The fraction of sp³-hybridized carbons (Fsp3) is 0.615. The van der Waals surface area contributed by atoms with Gasteiger partial charge in [-0.2, -0.15) is 0 Å². The fourth-order valence-corrected chi connectivity index (χ4v) is 3.10. The number of piperazine rings is 1. The molecule has 0 bridgehead atoms. The molecule has 1 saturated heterocycles. The molecule has 1 aromatic rings. The van der Waals surface area contributed by atoms with Gasteiger partial charge in [-0.15, -0.1) is 0 Å². The Kier molecular flexibility index (Phi) is 4.93. The Morgan fingerprint density at radius 1 is 1.26 bits per heavy atom. The molecule has 1 aromatic heterocycles. The molecule has 1 fully saturated rings. The number of rotatable bonds is 4. The van der Waals surface area contributed by atoms with E-state index in [0.29, 0.717) is 31.9 Å². The van der Waals surface area contributed by atoms with E-state index in [-0.39, 0.29) is 24.2 Å². The van der Waals surface area contributed by atoms with E-state index in [0.717, 1.165) is 10.6 Å². The minimum Gasteiger partial charge on any atom is -0.360 e. The second-order valence-corrected chi connectivity index (χ2v) is 7.36. The van der Waals surface area contributed by atoms with Crippen LogP contribution in [0.4, 0.5) is 5.82 Å². The van der Waals surface area contributed by atoms with Crippen LogP contribution in [0.15, 0.2) is 10.6 Å². The average molecular weight is 344 g/mol. The lowest BCUT2D eigenvalue weighted by Crippen LogP contribution is -2.52. The van der Waals surface area contributed by atoms with Gasteiger partial charge in [0.1, 0.15) is 12.3 Å². The maximum Gasteiger partial charge on any atom is 0.243 e. The Balaban J connectivity index is 2.06. The van der Waals surface area contributed by atoms with Crippen molar-refractivity contribution in [1.29, 1.82) is 0 Å². The van der Waals surface area contributed by atoms with Gasteiger partial charge in [0.05, 0.1) is 6.26 Å². The number of amides is 2. The van der Waals surface area contributed by atoms with Crippen molar-refractivity contribution in [3.8, 4) is 0 Å². The van der Waals surface area contributed by atoms with Gasteiger partial charge in [-0.25, -0.2) is 12.7 Å². The van der Waals surface area contributed by atoms with Gasteiger partial charge >= 0.3 is 0 Å². The van der Waals surface area contributed by atoms with Gasteiger partial charge in [-0.3, -0.25) is 9.59 Å². The lowest BCUT2D eigenvalue weighted by atomic mass is 10.3. The number of carbonyl (C=O) groups excluding carboxylic acids is 2. The highest BCUT2D eigenvalue weighted by Crippen LogP contribution is 2.17. The predicted molar refractivity (Wildman–Crippen MR) is 82.3 cm³/mol. The van der Waals surface area contributed by atoms with Gasteiger partial charge in [0, 0.05) is 39.2 Å². The summed E-state index contributed by atoms with van der Waals surface area (Å²) in [5.41, 5.74) is 0. The number of sulfonamides is 1. The third-order valence-electron chi connectivity index (χ3n) is 3.63. The van der Waals surface area contributed by atoms with Crippen molar-refractivity contribution < 1.29 is 22.5 Å². The standard InChI is InChI=1S/C13H20N4O5S/c1-10-8-12(14-22-10)17(23(3,20)21)9-13(19)16-6-4-15(5-7-16)11(2)18/h8H,4-7,9H2,1-3H3. The summed E-state index contributed by atoms with van der Waals surface area (Å²) in [6.07, 6.45) is 1.01. The van der Waals surface area contributed by atoms with E-state index < -0.39 is 10.0 Å². The van der Waals surface area contributed by atoms with Crippen LogP contribution in [0.3, 0.4) is 0 Å². The van der Waals surface area contributed by atoms with Gasteiger partial charge in [0.2, 0.25) is 21.8 Å². The van der Waals surface area contributed by atoms with Crippen molar-refractivity contribution in [2.45, 2.75) is 13.8 Å². The van der Waals surface area contributed by atoms with Gasteiger partial charge in [0.15, 0.2) is 5.82 Å². The highest BCUT2D eigenvalue weighted by Gasteiger charge is 2.28. The molecule has 9 nitrogen and oxygen atoms in total. The first kappa shape index (κ1) is 17.3. The quantitative estimate of drug-likeness (QED) is 0.725. The van der Waals surface area contributed by atoms with Crippen molar-refractivity contribution >= 4 is 27.7 Å². The molecule has 0 atom stereocenters. The third kappa shape index (κ3) is 4.21. The number of hydrogen-bond donors (Lipinski definition) is 0. The van der Waals surface area contributed by atoms with Gasteiger partial charge < -0.3 is 14.3 Å². The highest BCUT2D eigenvalue weighted by atomic mass is 32.2. The molecule has 0 radical (unpaired) electrons. The molecule has 1 aliphatic heterocycles. The highest BCUT2D eigenvalue weighted by molar-refractivity contribution is 7.92. The predicted octanol–water partition coefficient (Wildman–Crippen LogP) is -0.560. The molecule has 0 saturated carbocycles. The second kappa shape index (κ2) is 6.57. The second-order valence-electron chi connectivity index (χ2n) is 5.45. The zero-order valence-electron chi connectivity index (χ0n) is 13.4. The Bertz CT molecular complexity index is 691. The topological polar surface area (TPSA) is 104 Å². The lowest BCUT2D eigenvalue weighted by Gasteiger charge is -2.35. The monoisotopic (exact) mass is 344 g/mol. The first-order chi connectivity index (χ1) is 10.7. The SMILES string of the molecule is CC(=O)N1CCN(C(=O)CN(c2cc(C)on2)S(C)(=O)=O)CC1. The summed E-state index contributed by atoms with van der Waals surface area (Å²) >= 11 is 0. The summed E-state index contributed by atoms with van der Waals surface area (Å²) in [7, 11) is -3.66. The molecule has 0 unspecified atom stereocenters. The first-order valence-corrected chi connectivity index (χ1v) is 8.97. The van der Waals surface area contributed by atoms with Crippen LogP contribution < -0.4 is 4.31 Å². The van der Waals surface area contributed by atoms with Gasteiger partial charge in [-0.1, -0.05) is 5.16 Å². The van der Waals surface area contributed by atoms with Crippen LogP contribution in [0.2, 0.25) is 0 Å². The van der Waals surface area contributed by atoms with E-state index in [4.69, 9.17) is 4.52 Å². The summed E-state index contributed by atoms with van der Waals surface area (Å²) in [5.74, 6) is 0.170. The molecule has 2 rings (SSSR count). The zero-order valence-corrected chi connectivity index (χ0v) is 14.2. The maximum atomic E-state index is 12.4. The third-order valence-corrected chi connectivity index (χ3v) is 4.74. The summed E-state index contributed by atoms with van der Waals surface area (Å²) in [5, 5.41) is 3.66. The first-order valence-electron chi connectivity index (χ1n) is 7.13. The fourth-order valence-electron chi connectivity index (χ4n) is 2.33. The smallest absolute Gasteiger partial charge is 0.243 e. The van der Waals surface area contributed by atoms with Crippen molar-refractivity contribution in [1.82, 2.24) is 15.0 Å². The molecule has 23 heavy (non-hydrogen) atoms. The van der Waals surface area contributed by atoms with Gasteiger partial charge in [-0.05, 0) is 6.92 Å². The zero-order chi connectivity index (χ0) is 17.2. The van der Waals surface area contributed by atoms with E-state index in [1.54, 1.807) is 16.7 Å². The molecular formula is C13H20N4O5S. The van der Waals surface area contributed by atoms with Crippen molar-refractivity contribution in [3.05, 3.63) is 11.8 Å². The van der Waals surface area contributed by atoms with Crippen LogP contribution in [-0.4, -0.2) is 74.2 Å². The Morgan fingerprint density at radius 3 is 2.26 bits per heavy atom. The lowest BCUT2D eigenvalue weighted by molar-refractivity contribution is -0.137. The molecule has 1 aliphatic rings. The maximum absolute atomic E-state index is 12.4. The number of hydrogen-bond acceptors (Lipinski definition) is 6. The Labute approximate surface area is 134 Å². The van der Waals surface area contributed by atoms with E-state index >= 15 is 0 Å². The van der Waals surface area contributed by atoms with Gasteiger partial charge in [0.25, 0.3) is 0 Å². The van der Waals surface area contributed by atoms with E-state index in [1.807, 2.05) is 0 Å². The molecule has 10 heteroatoms. The van der Waals surface area contributed by atoms with Crippen molar-refractivity contribution in [3.63, 3.8) is 0 Å². The number of anilines is 1. The van der Waals surface area contributed by atoms with E-state index in [2.05, 4.69) is 5.16 Å². The number of aryl methyl sites for hydroxylation is 1. The van der Waals surface area contributed by atoms with Crippen molar-refractivity contribution in [2.24, 2.45) is 0 Å². The molecular weight excluding hydrogens is 324 g/mol. The van der Waals surface area contributed by atoms with Crippen LogP contribution in [0, 0.1) is 6.92 Å². The molecule has 128 valence electrons. The minimum absolute atomic E-state index is 0.0343. The molecule has 0 spiro atoms. The Hall–Kier alpha value is -2.10. The van der Waals surface area contributed by atoms with Crippen molar-refractivity contribution in [2.75, 3.05) is 43.3 Å². The van der Waals surface area contributed by atoms with Crippen LogP contribution in [0.1, 0.15) is 12.7 Å². The number of carbonyl (C=O) groups is 2. The summed E-state index contributed by atoms with van der Waals surface area (Å²) in [4.78, 5) is 26.9. The van der Waals surface area contributed by atoms with E-state index in [1.165, 1.54) is 13.0 Å². The summed E-state index contributed by atoms with van der Waals surface area (Å²) in [6.45, 7) is 4.44. The normalized spacial score (nSPS) is 15.6. The van der Waals surface area contributed by atoms with E-state index in [9.17, 15) is 18.0 Å².